The van der Waals surface area contributed by atoms with Crippen molar-refractivity contribution in [2.75, 3.05) is 13.2 Å². The third kappa shape index (κ3) is 3.88. The summed E-state index contributed by atoms with van der Waals surface area (Å²) in [6.45, 7) is -0.329. The molecule has 1 heterocycles. The van der Waals surface area contributed by atoms with Gasteiger partial charge in [0.2, 0.25) is 0 Å². The van der Waals surface area contributed by atoms with E-state index in [-0.39, 0.29) is 36.3 Å². The van der Waals surface area contributed by atoms with E-state index in [0.29, 0.717) is 16.1 Å². The van der Waals surface area contributed by atoms with Crippen LogP contribution in [0.3, 0.4) is 0 Å². The number of aliphatic hydroxyl groups is 1. The maximum atomic E-state index is 15.0. The number of hydroxylamine groups is 1. The Bertz CT molecular complexity index is 964. The summed E-state index contributed by atoms with van der Waals surface area (Å²) in [7, 11) is 0. The highest BCUT2D eigenvalue weighted by Crippen LogP contribution is 2.29. The van der Waals surface area contributed by atoms with Gasteiger partial charge in [0.15, 0.2) is 5.82 Å². The molecule has 3 aromatic rings. The molecular weight excluding hydrogens is 429 g/mol. The number of aliphatic hydroxyl groups excluding tert-OH is 1. The van der Waals surface area contributed by atoms with Gasteiger partial charge in [-0.05, 0) is 23.8 Å². The quantitative estimate of drug-likeness (QED) is 0.403. The number of aromatic nitrogens is 2. The first-order valence-corrected chi connectivity index (χ1v) is 8.79. The number of amides is 1. The number of imidazole rings is 1. The molecular formula is C17H14BrClFN3O3. The summed E-state index contributed by atoms with van der Waals surface area (Å²) in [6.07, 6.45) is 1.46. The Balaban J connectivity index is 2.04. The zero-order valence-corrected chi connectivity index (χ0v) is 15.7. The molecule has 0 spiro atoms. The highest BCUT2D eigenvalue weighted by Gasteiger charge is 2.21. The molecule has 2 aromatic carbocycles. The van der Waals surface area contributed by atoms with Crippen LogP contribution in [0.5, 0.6) is 0 Å². The molecule has 0 fully saturated rings. The number of aromatic amines is 1. The lowest BCUT2D eigenvalue weighted by Gasteiger charge is -2.13. The maximum absolute atomic E-state index is 15.0. The number of nitrogens with one attached hydrogen (secondary N) is 2. The molecule has 1 amide bonds. The average Bonchev–Trinajstić information content (AvgIpc) is 3.08. The second-order valence-electron chi connectivity index (χ2n) is 5.43. The topological polar surface area (TPSA) is 87.2 Å². The molecule has 3 N–H and O–H groups in total. The van der Waals surface area contributed by atoms with Gasteiger partial charge >= 0.3 is 0 Å². The Labute approximate surface area is 161 Å². The fraction of sp³-hybridized carbons (Fsp3) is 0.176. The van der Waals surface area contributed by atoms with Gasteiger partial charge in [-0.3, -0.25) is 9.63 Å². The SMILES string of the molecule is O=C(NOCCO)c1cc2[nH]cnc2c(F)c1Cc1ccc(Br)cc1Cl. The summed E-state index contributed by atoms with van der Waals surface area (Å²) in [5, 5.41) is 9.19. The molecule has 136 valence electrons. The number of hydrogen-bond donors (Lipinski definition) is 3. The number of H-pyrrole nitrogens is 1. The molecule has 3 rings (SSSR count). The minimum atomic E-state index is -0.628. The highest BCUT2D eigenvalue weighted by molar-refractivity contribution is 9.10. The molecule has 0 saturated heterocycles. The molecule has 1 aromatic heterocycles. The van der Waals surface area contributed by atoms with Crippen molar-refractivity contribution >= 4 is 44.5 Å². The molecule has 0 bridgehead atoms. The van der Waals surface area contributed by atoms with Crippen LogP contribution in [0.4, 0.5) is 4.39 Å². The molecule has 0 aliphatic rings. The highest BCUT2D eigenvalue weighted by atomic mass is 79.9. The van der Waals surface area contributed by atoms with Crippen molar-refractivity contribution in [2.45, 2.75) is 6.42 Å². The van der Waals surface area contributed by atoms with Gasteiger partial charge in [-0.25, -0.2) is 14.9 Å². The predicted molar refractivity (Wildman–Crippen MR) is 98.5 cm³/mol. The van der Waals surface area contributed by atoms with Gasteiger partial charge in [0.25, 0.3) is 5.91 Å². The molecule has 0 aliphatic carbocycles. The number of benzene rings is 2. The first-order valence-electron chi connectivity index (χ1n) is 7.62. The first kappa shape index (κ1) is 18.8. The number of nitrogens with zero attached hydrogens (tertiary/aromatic N) is 1. The molecule has 0 radical (unpaired) electrons. The molecule has 0 atom stereocenters. The van der Waals surface area contributed by atoms with Crippen LogP contribution in [0.15, 0.2) is 35.1 Å². The van der Waals surface area contributed by atoms with Gasteiger partial charge in [-0.1, -0.05) is 33.6 Å². The third-order valence-electron chi connectivity index (χ3n) is 3.74. The van der Waals surface area contributed by atoms with Crippen molar-refractivity contribution in [3.8, 4) is 0 Å². The molecule has 26 heavy (non-hydrogen) atoms. The van der Waals surface area contributed by atoms with E-state index in [9.17, 15) is 4.79 Å². The van der Waals surface area contributed by atoms with Crippen LogP contribution >= 0.6 is 27.5 Å². The minimum Gasteiger partial charge on any atom is -0.394 e. The van der Waals surface area contributed by atoms with Gasteiger partial charge in [0.1, 0.15) is 5.52 Å². The van der Waals surface area contributed by atoms with Crippen LogP contribution < -0.4 is 5.48 Å². The van der Waals surface area contributed by atoms with Crippen molar-refractivity contribution in [2.24, 2.45) is 0 Å². The van der Waals surface area contributed by atoms with Gasteiger partial charge < -0.3 is 10.1 Å². The van der Waals surface area contributed by atoms with Crippen molar-refractivity contribution in [1.29, 1.82) is 0 Å². The third-order valence-corrected chi connectivity index (χ3v) is 4.59. The molecule has 0 saturated carbocycles. The van der Waals surface area contributed by atoms with E-state index in [1.807, 2.05) is 0 Å². The normalized spacial score (nSPS) is 11.1. The summed E-state index contributed by atoms with van der Waals surface area (Å²) < 4.78 is 15.8. The zero-order valence-electron chi connectivity index (χ0n) is 13.4. The summed E-state index contributed by atoms with van der Waals surface area (Å²) in [6, 6.07) is 6.75. The Morgan fingerprint density at radius 2 is 2.23 bits per heavy atom. The monoisotopic (exact) mass is 441 g/mol. The fourth-order valence-corrected chi connectivity index (χ4v) is 3.27. The minimum absolute atomic E-state index is 0.0750. The van der Waals surface area contributed by atoms with E-state index in [1.54, 1.807) is 18.2 Å². The van der Waals surface area contributed by atoms with E-state index < -0.39 is 11.7 Å². The molecule has 9 heteroatoms. The van der Waals surface area contributed by atoms with Crippen molar-refractivity contribution in [3.63, 3.8) is 0 Å². The first-order chi connectivity index (χ1) is 12.5. The van der Waals surface area contributed by atoms with Gasteiger partial charge in [-0.15, -0.1) is 0 Å². The van der Waals surface area contributed by atoms with Gasteiger partial charge in [-0.2, -0.15) is 0 Å². The Morgan fingerprint density at radius 3 is 2.96 bits per heavy atom. The average molecular weight is 443 g/mol. The summed E-state index contributed by atoms with van der Waals surface area (Å²) in [5.74, 6) is -1.23. The second kappa shape index (κ2) is 8.13. The van der Waals surface area contributed by atoms with Crippen LogP contribution in [0, 0.1) is 5.82 Å². The van der Waals surface area contributed by atoms with Crippen molar-refractivity contribution in [3.05, 3.63) is 62.6 Å². The number of fused-ring (bicyclic) bond motifs is 1. The van der Waals surface area contributed by atoms with Crippen LogP contribution in [0.25, 0.3) is 11.0 Å². The van der Waals surface area contributed by atoms with Crippen LogP contribution in [-0.2, 0) is 11.3 Å². The smallest absolute Gasteiger partial charge is 0.275 e. The summed E-state index contributed by atoms with van der Waals surface area (Å²) in [4.78, 5) is 24.0. The number of halogens is 3. The predicted octanol–water partition coefficient (Wildman–Crippen LogP) is 3.36. The lowest BCUT2D eigenvalue weighted by Crippen LogP contribution is -2.26. The van der Waals surface area contributed by atoms with Crippen molar-refractivity contribution in [1.82, 2.24) is 15.4 Å². The number of carbonyl (C=O) groups is 1. The van der Waals surface area contributed by atoms with E-state index in [1.165, 1.54) is 12.4 Å². The van der Waals surface area contributed by atoms with E-state index >= 15 is 4.39 Å². The second-order valence-corrected chi connectivity index (χ2v) is 6.75. The Morgan fingerprint density at radius 1 is 1.42 bits per heavy atom. The van der Waals surface area contributed by atoms with Crippen molar-refractivity contribution < 1.29 is 19.1 Å². The van der Waals surface area contributed by atoms with Crippen LogP contribution in [0.2, 0.25) is 5.02 Å². The maximum Gasteiger partial charge on any atom is 0.275 e. The summed E-state index contributed by atoms with van der Waals surface area (Å²) >= 11 is 9.56. The molecule has 0 aliphatic heterocycles. The van der Waals surface area contributed by atoms with Gasteiger partial charge in [0, 0.05) is 21.5 Å². The lowest BCUT2D eigenvalue weighted by atomic mass is 9.97. The van der Waals surface area contributed by atoms with Gasteiger partial charge in [0.05, 0.1) is 30.6 Å². The molecule has 6 nitrogen and oxygen atoms in total. The number of hydrogen-bond acceptors (Lipinski definition) is 4. The lowest BCUT2D eigenvalue weighted by molar-refractivity contribution is 0.0167. The van der Waals surface area contributed by atoms with E-state index in [2.05, 4.69) is 31.4 Å². The fourth-order valence-electron chi connectivity index (χ4n) is 2.53. The Hall–Kier alpha value is -2.00. The number of rotatable bonds is 6. The summed E-state index contributed by atoms with van der Waals surface area (Å²) in [5.41, 5.74) is 3.63. The van der Waals surface area contributed by atoms with E-state index in [4.69, 9.17) is 21.5 Å². The zero-order chi connectivity index (χ0) is 18.7. The largest absolute Gasteiger partial charge is 0.394 e. The van der Waals surface area contributed by atoms with Crippen LogP contribution in [0.1, 0.15) is 21.5 Å². The van der Waals surface area contributed by atoms with E-state index in [0.717, 1.165) is 4.47 Å². The standard InChI is InChI=1S/C17H14BrClFN3O3/c18-10-2-1-9(13(19)6-10)5-11-12(17(25)23-26-4-3-24)7-14-16(15(11)20)22-8-21-14/h1-2,6-8,24H,3-5H2,(H,21,22)(H,23,25). The molecule has 0 unspecified atom stereocenters. The number of carbonyl (C=O) groups excluding carboxylic acids is 1. The van der Waals surface area contributed by atoms with Crippen LogP contribution in [-0.4, -0.2) is 34.2 Å². The Kier molecular flexibility index (Phi) is 5.87.